The zero-order chi connectivity index (χ0) is 15.3. The van der Waals surface area contributed by atoms with Crippen LogP contribution in [0.4, 0.5) is 0 Å². The minimum atomic E-state index is 0.365. The Balaban J connectivity index is 1.91. The fourth-order valence-electron chi connectivity index (χ4n) is 4.32. The van der Waals surface area contributed by atoms with Crippen molar-refractivity contribution < 1.29 is 5.11 Å². The average molecular weight is 296 g/mol. The molecule has 0 aromatic rings. The average Bonchev–Trinajstić information content (AvgIpc) is 2.46. The van der Waals surface area contributed by atoms with Crippen LogP contribution >= 0.6 is 0 Å². The van der Waals surface area contributed by atoms with E-state index in [4.69, 9.17) is 0 Å². The molecule has 21 heavy (non-hydrogen) atoms. The molecule has 124 valence electrons. The molecular weight excluding hydrogens is 260 g/mol. The molecule has 3 nitrogen and oxygen atoms in total. The molecular formula is C18H36N2O. The van der Waals surface area contributed by atoms with E-state index in [1.807, 2.05) is 0 Å². The van der Waals surface area contributed by atoms with Gasteiger partial charge in [-0.05, 0) is 68.9 Å². The zero-order valence-electron chi connectivity index (χ0n) is 14.4. The number of aliphatic hydroxyl groups is 1. The van der Waals surface area contributed by atoms with Crippen LogP contribution in [0.3, 0.4) is 0 Å². The van der Waals surface area contributed by atoms with Crippen LogP contribution < -0.4 is 5.32 Å². The second-order valence-electron chi connectivity index (χ2n) is 8.18. The number of nitrogens with zero attached hydrogens (tertiary/aromatic N) is 1. The van der Waals surface area contributed by atoms with Crippen molar-refractivity contribution in [1.29, 1.82) is 0 Å². The second-order valence-corrected chi connectivity index (χ2v) is 8.18. The SMILES string of the molecule is CCCNC1CCC(C)(C)CC1CN1CCCC(CO)C1. The molecule has 3 unspecified atom stereocenters. The Morgan fingerprint density at radius 3 is 2.81 bits per heavy atom. The molecule has 1 aliphatic carbocycles. The van der Waals surface area contributed by atoms with Gasteiger partial charge in [0, 0.05) is 25.7 Å². The minimum Gasteiger partial charge on any atom is -0.396 e. The molecule has 0 radical (unpaired) electrons. The van der Waals surface area contributed by atoms with E-state index in [9.17, 15) is 5.11 Å². The second kappa shape index (κ2) is 7.94. The topological polar surface area (TPSA) is 35.5 Å². The first-order valence-corrected chi connectivity index (χ1v) is 9.10. The van der Waals surface area contributed by atoms with Gasteiger partial charge >= 0.3 is 0 Å². The molecule has 1 saturated heterocycles. The number of likely N-dealkylation sites (tertiary alicyclic amines) is 1. The number of hydrogen-bond donors (Lipinski definition) is 2. The summed E-state index contributed by atoms with van der Waals surface area (Å²) in [4.78, 5) is 2.62. The van der Waals surface area contributed by atoms with Crippen molar-refractivity contribution in [2.24, 2.45) is 17.3 Å². The Morgan fingerprint density at radius 1 is 1.29 bits per heavy atom. The predicted octanol–water partition coefficient (Wildman–Crippen LogP) is 2.89. The normalized spacial score (nSPS) is 34.0. The van der Waals surface area contributed by atoms with E-state index in [1.54, 1.807) is 0 Å². The Kier molecular flexibility index (Phi) is 6.51. The Morgan fingerprint density at radius 2 is 2.10 bits per heavy atom. The summed E-state index contributed by atoms with van der Waals surface area (Å²) in [5.74, 6) is 1.29. The number of nitrogens with one attached hydrogen (secondary N) is 1. The van der Waals surface area contributed by atoms with Crippen LogP contribution in [0.25, 0.3) is 0 Å². The summed E-state index contributed by atoms with van der Waals surface area (Å²) in [7, 11) is 0. The third kappa shape index (κ3) is 5.22. The van der Waals surface area contributed by atoms with Crippen molar-refractivity contribution in [2.45, 2.75) is 65.3 Å². The van der Waals surface area contributed by atoms with E-state index in [0.29, 0.717) is 24.0 Å². The van der Waals surface area contributed by atoms with Crippen LogP contribution in [0.15, 0.2) is 0 Å². The summed E-state index contributed by atoms with van der Waals surface area (Å²) in [6.45, 7) is 12.2. The maximum absolute atomic E-state index is 9.43. The van der Waals surface area contributed by atoms with E-state index < -0.39 is 0 Å². The van der Waals surface area contributed by atoms with Crippen LogP contribution in [-0.2, 0) is 0 Å². The molecule has 2 fully saturated rings. The third-order valence-electron chi connectivity index (χ3n) is 5.53. The van der Waals surface area contributed by atoms with Gasteiger partial charge in [0.1, 0.15) is 0 Å². The number of rotatable bonds is 6. The Hall–Kier alpha value is -0.120. The summed E-state index contributed by atoms with van der Waals surface area (Å²) in [6, 6.07) is 0.701. The smallest absolute Gasteiger partial charge is 0.0471 e. The van der Waals surface area contributed by atoms with Crippen molar-refractivity contribution in [2.75, 3.05) is 32.8 Å². The molecule has 0 aromatic heterocycles. The van der Waals surface area contributed by atoms with Crippen molar-refractivity contribution in [3.8, 4) is 0 Å². The number of aliphatic hydroxyl groups excluding tert-OH is 1. The lowest BCUT2D eigenvalue weighted by Gasteiger charge is -2.44. The van der Waals surface area contributed by atoms with Crippen LogP contribution in [0, 0.1) is 17.3 Å². The molecule has 0 spiro atoms. The molecule has 2 aliphatic rings. The highest BCUT2D eigenvalue weighted by molar-refractivity contribution is 4.91. The lowest BCUT2D eigenvalue weighted by atomic mass is 9.69. The zero-order valence-corrected chi connectivity index (χ0v) is 14.4. The maximum atomic E-state index is 9.43. The quantitative estimate of drug-likeness (QED) is 0.791. The molecule has 2 rings (SSSR count). The summed E-state index contributed by atoms with van der Waals surface area (Å²) >= 11 is 0. The molecule has 0 aromatic carbocycles. The lowest BCUT2D eigenvalue weighted by molar-refractivity contribution is 0.0661. The summed E-state index contributed by atoms with van der Waals surface area (Å²) < 4.78 is 0. The van der Waals surface area contributed by atoms with Crippen molar-refractivity contribution >= 4 is 0 Å². The molecule has 0 amide bonds. The van der Waals surface area contributed by atoms with Gasteiger partial charge in [-0.15, -0.1) is 0 Å². The van der Waals surface area contributed by atoms with Crippen LogP contribution in [0.2, 0.25) is 0 Å². The van der Waals surface area contributed by atoms with Crippen LogP contribution in [0.1, 0.15) is 59.3 Å². The first-order chi connectivity index (χ1) is 10.0. The predicted molar refractivity (Wildman–Crippen MR) is 89.5 cm³/mol. The third-order valence-corrected chi connectivity index (χ3v) is 5.53. The van der Waals surface area contributed by atoms with Gasteiger partial charge in [-0.2, -0.15) is 0 Å². The fraction of sp³-hybridized carbons (Fsp3) is 1.00. The molecule has 2 N–H and O–H groups in total. The summed E-state index contributed by atoms with van der Waals surface area (Å²) in [6.07, 6.45) is 7.71. The van der Waals surface area contributed by atoms with E-state index in [2.05, 4.69) is 31.0 Å². The highest BCUT2D eigenvalue weighted by atomic mass is 16.3. The first kappa shape index (κ1) is 17.2. The van der Waals surface area contributed by atoms with Crippen molar-refractivity contribution in [1.82, 2.24) is 10.2 Å². The highest BCUT2D eigenvalue weighted by Crippen LogP contribution is 2.39. The van der Waals surface area contributed by atoms with Gasteiger partial charge in [0.15, 0.2) is 0 Å². The molecule has 3 heteroatoms. The summed E-state index contributed by atoms with van der Waals surface area (Å²) in [5.41, 5.74) is 0.501. The lowest BCUT2D eigenvalue weighted by Crippen LogP contribution is -2.49. The van der Waals surface area contributed by atoms with Crippen LogP contribution in [-0.4, -0.2) is 48.8 Å². The largest absolute Gasteiger partial charge is 0.396 e. The molecule has 1 heterocycles. The van der Waals surface area contributed by atoms with Crippen LogP contribution in [0.5, 0.6) is 0 Å². The Bertz CT molecular complexity index is 306. The van der Waals surface area contributed by atoms with E-state index in [0.717, 1.165) is 19.0 Å². The standard InChI is InChI=1S/C18H36N2O/c1-4-9-19-17-7-8-18(2,3)11-16(17)13-20-10-5-6-15(12-20)14-21/h15-17,19,21H,4-14H2,1-3H3. The highest BCUT2D eigenvalue weighted by Gasteiger charge is 2.35. The van der Waals surface area contributed by atoms with Gasteiger partial charge in [-0.25, -0.2) is 0 Å². The number of piperidine rings is 1. The summed E-state index contributed by atoms with van der Waals surface area (Å²) in [5, 5.41) is 13.2. The van der Waals surface area contributed by atoms with E-state index in [-0.39, 0.29) is 0 Å². The van der Waals surface area contributed by atoms with Gasteiger partial charge in [0.25, 0.3) is 0 Å². The van der Waals surface area contributed by atoms with Gasteiger partial charge in [-0.1, -0.05) is 20.8 Å². The Labute approximate surface area is 131 Å². The maximum Gasteiger partial charge on any atom is 0.0471 e. The molecule has 3 atom stereocenters. The van der Waals surface area contributed by atoms with Gasteiger partial charge in [0.2, 0.25) is 0 Å². The monoisotopic (exact) mass is 296 g/mol. The van der Waals surface area contributed by atoms with Gasteiger partial charge in [0.05, 0.1) is 0 Å². The molecule has 0 bridgehead atoms. The number of hydrogen-bond acceptors (Lipinski definition) is 3. The van der Waals surface area contributed by atoms with Gasteiger partial charge < -0.3 is 15.3 Å². The van der Waals surface area contributed by atoms with E-state index in [1.165, 1.54) is 51.6 Å². The van der Waals surface area contributed by atoms with Crippen molar-refractivity contribution in [3.05, 3.63) is 0 Å². The fourth-order valence-corrected chi connectivity index (χ4v) is 4.32. The first-order valence-electron chi connectivity index (χ1n) is 9.10. The molecule has 1 aliphatic heterocycles. The van der Waals surface area contributed by atoms with Crippen molar-refractivity contribution in [3.63, 3.8) is 0 Å². The minimum absolute atomic E-state index is 0.365. The van der Waals surface area contributed by atoms with Gasteiger partial charge in [-0.3, -0.25) is 0 Å². The van der Waals surface area contributed by atoms with E-state index >= 15 is 0 Å². The molecule has 1 saturated carbocycles.